The number of benzene rings is 2. The van der Waals surface area contributed by atoms with E-state index in [0.717, 1.165) is 16.7 Å². The van der Waals surface area contributed by atoms with E-state index >= 15 is 0 Å². The molecule has 4 nitrogen and oxygen atoms in total. The quantitative estimate of drug-likeness (QED) is 0.818. The Morgan fingerprint density at radius 1 is 1.04 bits per heavy atom. The molecule has 1 saturated heterocycles. The molecule has 0 atom stereocenters. The Bertz CT molecular complexity index is 776. The highest BCUT2D eigenvalue weighted by molar-refractivity contribution is 5.97. The minimum atomic E-state index is -0.0762. The fourth-order valence-corrected chi connectivity index (χ4v) is 2.84. The molecular formula is C21H23NO3. The summed E-state index contributed by atoms with van der Waals surface area (Å²) in [6.45, 7) is 5.96. The van der Waals surface area contributed by atoms with E-state index < -0.39 is 0 Å². The third kappa shape index (κ3) is 3.97. The summed E-state index contributed by atoms with van der Waals surface area (Å²) in [6.07, 6.45) is 0.499. The third-order valence-electron chi connectivity index (χ3n) is 4.56. The Morgan fingerprint density at radius 2 is 1.76 bits per heavy atom. The first-order valence-corrected chi connectivity index (χ1v) is 8.60. The molecule has 0 spiro atoms. The summed E-state index contributed by atoms with van der Waals surface area (Å²) in [7, 11) is 0. The van der Waals surface area contributed by atoms with Crippen molar-refractivity contribution in [2.24, 2.45) is 5.41 Å². The maximum absolute atomic E-state index is 12.4. The van der Waals surface area contributed by atoms with Crippen molar-refractivity contribution in [3.05, 3.63) is 59.7 Å². The fourth-order valence-electron chi connectivity index (χ4n) is 2.84. The number of hydrogen-bond acceptors (Lipinski definition) is 3. The van der Waals surface area contributed by atoms with Gasteiger partial charge in [-0.1, -0.05) is 50.2 Å². The predicted molar refractivity (Wildman–Crippen MR) is 97.8 cm³/mol. The molecule has 25 heavy (non-hydrogen) atoms. The van der Waals surface area contributed by atoms with Crippen LogP contribution in [-0.4, -0.2) is 31.4 Å². The first kappa shape index (κ1) is 17.4. The molecule has 0 saturated carbocycles. The van der Waals surface area contributed by atoms with Gasteiger partial charge in [0.2, 0.25) is 0 Å². The van der Waals surface area contributed by atoms with Crippen LogP contribution < -0.4 is 5.32 Å². The number of hydrogen-bond donors (Lipinski definition) is 1. The highest BCUT2D eigenvalue weighted by Gasteiger charge is 2.33. The van der Waals surface area contributed by atoms with Crippen LogP contribution in [-0.2, 0) is 4.74 Å². The van der Waals surface area contributed by atoms with Crippen molar-refractivity contribution in [3.8, 4) is 11.1 Å². The van der Waals surface area contributed by atoms with Gasteiger partial charge in [0.05, 0.1) is 13.2 Å². The summed E-state index contributed by atoms with van der Waals surface area (Å²) in [5.41, 5.74) is 3.35. The van der Waals surface area contributed by atoms with Gasteiger partial charge < -0.3 is 10.1 Å². The topological polar surface area (TPSA) is 55.4 Å². The van der Waals surface area contributed by atoms with E-state index in [9.17, 15) is 9.59 Å². The molecule has 130 valence electrons. The molecule has 0 unspecified atom stereocenters. The van der Waals surface area contributed by atoms with Gasteiger partial charge in [-0.25, -0.2) is 0 Å². The fraction of sp³-hybridized carbons (Fsp3) is 0.333. The molecule has 1 aliphatic rings. The SMILES string of the molecule is CCC(=O)c1ccc(-c2cccc(C(=O)NCC3(C)COC3)c2)cc1. The van der Waals surface area contributed by atoms with Gasteiger partial charge in [0.1, 0.15) is 0 Å². The molecule has 4 heteroatoms. The molecule has 1 N–H and O–H groups in total. The van der Waals surface area contributed by atoms with Crippen molar-refractivity contribution in [2.75, 3.05) is 19.8 Å². The van der Waals surface area contributed by atoms with Gasteiger partial charge in [-0.3, -0.25) is 9.59 Å². The second-order valence-electron chi connectivity index (χ2n) is 6.92. The predicted octanol–water partition coefficient (Wildman–Crippen LogP) is 3.71. The standard InChI is InChI=1S/C21H23NO3/c1-3-19(23)16-9-7-15(8-10-16)17-5-4-6-18(11-17)20(24)22-12-21(2)13-25-14-21/h4-11H,3,12-14H2,1-2H3,(H,22,24). The zero-order chi connectivity index (χ0) is 17.9. The highest BCUT2D eigenvalue weighted by atomic mass is 16.5. The van der Waals surface area contributed by atoms with Crippen LogP contribution in [0.2, 0.25) is 0 Å². The molecule has 1 heterocycles. The number of carbonyl (C=O) groups is 2. The van der Waals surface area contributed by atoms with Gasteiger partial charge in [-0.05, 0) is 23.3 Å². The number of ketones is 1. The number of ether oxygens (including phenoxy) is 1. The van der Waals surface area contributed by atoms with E-state index in [-0.39, 0.29) is 17.1 Å². The van der Waals surface area contributed by atoms with Crippen LogP contribution in [0.1, 0.15) is 41.0 Å². The lowest BCUT2D eigenvalue weighted by atomic mass is 9.88. The summed E-state index contributed by atoms with van der Waals surface area (Å²) in [5.74, 6) is 0.0564. The number of rotatable bonds is 6. The lowest BCUT2D eigenvalue weighted by molar-refractivity contribution is -0.0978. The van der Waals surface area contributed by atoms with Gasteiger partial charge in [-0.2, -0.15) is 0 Å². The van der Waals surface area contributed by atoms with E-state index in [4.69, 9.17) is 4.74 Å². The molecule has 0 aromatic heterocycles. The average Bonchev–Trinajstić information content (AvgIpc) is 2.64. The number of Topliss-reactive ketones (excluding diaryl/α,β-unsaturated/α-hetero) is 1. The molecular weight excluding hydrogens is 314 g/mol. The van der Waals surface area contributed by atoms with Crippen LogP contribution in [0, 0.1) is 5.41 Å². The molecule has 0 radical (unpaired) electrons. The monoisotopic (exact) mass is 337 g/mol. The first-order valence-electron chi connectivity index (χ1n) is 8.60. The van der Waals surface area contributed by atoms with Crippen molar-refractivity contribution in [1.82, 2.24) is 5.32 Å². The van der Waals surface area contributed by atoms with E-state index in [0.29, 0.717) is 31.7 Å². The van der Waals surface area contributed by atoms with Crippen LogP contribution in [0.4, 0.5) is 0 Å². The summed E-state index contributed by atoms with van der Waals surface area (Å²) in [6, 6.07) is 15.1. The van der Waals surface area contributed by atoms with E-state index in [1.54, 1.807) is 0 Å². The summed E-state index contributed by atoms with van der Waals surface area (Å²) < 4.78 is 5.21. The van der Waals surface area contributed by atoms with Crippen LogP contribution in [0.5, 0.6) is 0 Å². The van der Waals surface area contributed by atoms with Crippen molar-refractivity contribution in [3.63, 3.8) is 0 Å². The van der Waals surface area contributed by atoms with Gasteiger partial charge >= 0.3 is 0 Å². The zero-order valence-electron chi connectivity index (χ0n) is 14.7. The molecule has 3 rings (SSSR count). The zero-order valence-corrected chi connectivity index (χ0v) is 14.7. The third-order valence-corrected chi connectivity index (χ3v) is 4.56. The van der Waals surface area contributed by atoms with Crippen molar-refractivity contribution in [2.45, 2.75) is 20.3 Å². The van der Waals surface area contributed by atoms with Crippen molar-refractivity contribution < 1.29 is 14.3 Å². The molecule has 2 aromatic rings. The molecule has 2 aromatic carbocycles. The summed E-state index contributed by atoms with van der Waals surface area (Å²) in [4.78, 5) is 24.1. The lowest BCUT2D eigenvalue weighted by Crippen LogP contribution is -2.48. The summed E-state index contributed by atoms with van der Waals surface area (Å²) >= 11 is 0. The number of carbonyl (C=O) groups excluding carboxylic acids is 2. The smallest absolute Gasteiger partial charge is 0.251 e. The maximum Gasteiger partial charge on any atom is 0.251 e. The van der Waals surface area contributed by atoms with Gasteiger partial charge in [0.15, 0.2) is 5.78 Å². The Balaban J connectivity index is 1.72. The summed E-state index contributed by atoms with van der Waals surface area (Å²) in [5, 5.41) is 2.99. The van der Waals surface area contributed by atoms with Gasteiger partial charge in [0.25, 0.3) is 5.91 Å². The molecule has 0 bridgehead atoms. The molecule has 1 aliphatic heterocycles. The maximum atomic E-state index is 12.4. The number of nitrogens with one attached hydrogen (secondary N) is 1. The van der Waals surface area contributed by atoms with Crippen LogP contribution in [0.25, 0.3) is 11.1 Å². The minimum Gasteiger partial charge on any atom is -0.380 e. The molecule has 1 amide bonds. The highest BCUT2D eigenvalue weighted by Crippen LogP contribution is 2.25. The van der Waals surface area contributed by atoms with Gasteiger partial charge in [0, 0.05) is 29.5 Å². The Morgan fingerprint density at radius 3 is 2.36 bits per heavy atom. The second-order valence-corrected chi connectivity index (χ2v) is 6.92. The van der Waals surface area contributed by atoms with E-state index in [1.807, 2.05) is 55.5 Å². The number of amides is 1. The Hall–Kier alpha value is -2.46. The van der Waals surface area contributed by atoms with Gasteiger partial charge in [-0.15, -0.1) is 0 Å². The molecule has 1 fully saturated rings. The van der Waals surface area contributed by atoms with Crippen molar-refractivity contribution in [1.29, 1.82) is 0 Å². The minimum absolute atomic E-state index is 0.0505. The van der Waals surface area contributed by atoms with Crippen molar-refractivity contribution >= 4 is 11.7 Å². The average molecular weight is 337 g/mol. The second kappa shape index (κ2) is 7.19. The van der Waals surface area contributed by atoms with E-state index in [2.05, 4.69) is 12.2 Å². The normalized spacial score (nSPS) is 15.3. The van der Waals surface area contributed by atoms with E-state index in [1.165, 1.54) is 0 Å². The Kier molecular flexibility index (Phi) is 5.00. The first-order chi connectivity index (χ1) is 12.0. The molecule has 0 aliphatic carbocycles. The van der Waals surface area contributed by atoms with Crippen LogP contribution >= 0.6 is 0 Å². The lowest BCUT2D eigenvalue weighted by Gasteiger charge is -2.38. The Labute approximate surface area is 148 Å². The van der Waals surface area contributed by atoms with Crippen LogP contribution in [0.3, 0.4) is 0 Å². The largest absolute Gasteiger partial charge is 0.380 e. The van der Waals surface area contributed by atoms with Crippen LogP contribution in [0.15, 0.2) is 48.5 Å².